The monoisotopic (exact) mass is 461 g/mol. The molecular formula is C18H19N7O4S2. The second-order valence-corrected chi connectivity index (χ2v) is 8.96. The highest BCUT2D eigenvalue weighted by molar-refractivity contribution is 8.01. The molecule has 0 aliphatic carbocycles. The topological polar surface area (TPSA) is 156 Å². The number of β-lactam (4-membered cyclic amide) rings is 1. The third kappa shape index (κ3) is 4.03. The summed E-state index contributed by atoms with van der Waals surface area (Å²) in [6, 6.07) is 7.09. The summed E-state index contributed by atoms with van der Waals surface area (Å²) in [6.07, 6.45) is 0. The highest BCUT2D eigenvalue weighted by Gasteiger charge is 2.54. The van der Waals surface area contributed by atoms with Crippen molar-refractivity contribution in [3.05, 3.63) is 47.2 Å². The number of carboxylic acids is 1. The number of fused-ring (bicyclic) bond motifs is 1. The van der Waals surface area contributed by atoms with Crippen molar-refractivity contribution in [3.8, 4) is 0 Å². The number of carboxylic acid groups (broad SMARTS) is 1. The summed E-state index contributed by atoms with van der Waals surface area (Å²) in [7, 11) is 1.69. The number of thioether (sulfide) groups is 2. The second-order valence-electron chi connectivity index (χ2n) is 6.92. The van der Waals surface area contributed by atoms with Crippen molar-refractivity contribution < 1.29 is 19.5 Å². The Labute approximate surface area is 185 Å². The van der Waals surface area contributed by atoms with Crippen molar-refractivity contribution in [2.45, 2.75) is 22.6 Å². The molecule has 1 saturated heterocycles. The molecule has 1 aromatic heterocycles. The van der Waals surface area contributed by atoms with Gasteiger partial charge in [0.05, 0.1) is 0 Å². The quantitative estimate of drug-likeness (QED) is 0.371. The predicted octanol–water partition coefficient (Wildman–Crippen LogP) is -0.259. The molecule has 11 nitrogen and oxygen atoms in total. The fourth-order valence-electron chi connectivity index (χ4n) is 3.34. The van der Waals surface area contributed by atoms with E-state index in [2.05, 4.69) is 20.8 Å². The van der Waals surface area contributed by atoms with Gasteiger partial charge in [-0.25, -0.2) is 9.48 Å². The average Bonchev–Trinajstić information content (AvgIpc) is 3.19. The van der Waals surface area contributed by atoms with Crippen molar-refractivity contribution in [2.24, 2.45) is 12.8 Å². The van der Waals surface area contributed by atoms with Crippen molar-refractivity contribution in [1.29, 1.82) is 0 Å². The zero-order valence-electron chi connectivity index (χ0n) is 16.3. The first-order valence-corrected chi connectivity index (χ1v) is 11.3. The Bertz CT molecular complexity index is 1060. The van der Waals surface area contributed by atoms with Gasteiger partial charge in [-0.2, -0.15) is 0 Å². The minimum absolute atomic E-state index is 0.0470. The van der Waals surface area contributed by atoms with Crippen LogP contribution in [0.1, 0.15) is 11.6 Å². The second kappa shape index (κ2) is 8.69. The average molecular weight is 462 g/mol. The van der Waals surface area contributed by atoms with Crippen molar-refractivity contribution >= 4 is 41.3 Å². The molecule has 31 heavy (non-hydrogen) atoms. The van der Waals surface area contributed by atoms with Gasteiger partial charge >= 0.3 is 5.97 Å². The van der Waals surface area contributed by atoms with Gasteiger partial charge in [0.25, 0.3) is 5.91 Å². The van der Waals surface area contributed by atoms with E-state index < -0.39 is 35.2 Å². The number of aryl methyl sites for hydroxylation is 1. The third-order valence-corrected chi connectivity index (χ3v) is 7.38. The lowest BCUT2D eigenvalue weighted by atomic mass is 10.0. The first-order valence-electron chi connectivity index (χ1n) is 9.24. The third-order valence-electron chi connectivity index (χ3n) is 4.95. The fraction of sp³-hybridized carbons (Fsp3) is 0.333. The van der Waals surface area contributed by atoms with Gasteiger partial charge in [-0.1, -0.05) is 42.1 Å². The fourth-order valence-corrected chi connectivity index (χ4v) is 5.68. The van der Waals surface area contributed by atoms with Crippen LogP contribution in [0.15, 0.2) is 46.8 Å². The van der Waals surface area contributed by atoms with Crippen LogP contribution < -0.4 is 11.1 Å². The Morgan fingerprint density at radius 3 is 2.77 bits per heavy atom. The number of hydrogen-bond acceptors (Lipinski definition) is 9. The Morgan fingerprint density at radius 1 is 1.39 bits per heavy atom. The van der Waals surface area contributed by atoms with Gasteiger partial charge in [0, 0.05) is 18.6 Å². The van der Waals surface area contributed by atoms with Gasteiger partial charge in [0.1, 0.15) is 23.2 Å². The summed E-state index contributed by atoms with van der Waals surface area (Å²) in [5.41, 5.74) is 7.19. The van der Waals surface area contributed by atoms with Crippen LogP contribution in [0.2, 0.25) is 0 Å². The molecule has 0 saturated carbocycles. The Morgan fingerprint density at radius 2 is 2.13 bits per heavy atom. The number of benzene rings is 1. The van der Waals surface area contributed by atoms with Gasteiger partial charge in [-0.15, -0.1) is 16.9 Å². The van der Waals surface area contributed by atoms with E-state index in [1.54, 1.807) is 31.3 Å². The molecular weight excluding hydrogens is 442 g/mol. The molecule has 4 rings (SSSR count). The summed E-state index contributed by atoms with van der Waals surface area (Å²) in [4.78, 5) is 38.5. The van der Waals surface area contributed by atoms with Crippen LogP contribution in [0.3, 0.4) is 0 Å². The van der Waals surface area contributed by atoms with Crippen LogP contribution in [0, 0.1) is 0 Å². The summed E-state index contributed by atoms with van der Waals surface area (Å²) < 4.78 is 1.49. The van der Waals surface area contributed by atoms with Crippen LogP contribution in [-0.4, -0.2) is 70.9 Å². The molecule has 162 valence electrons. The van der Waals surface area contributed by atoms with Crippen LogP contribution in [-0.2, 0) is 21.4 Å². The van der Waals surface area contributed by atoms with E-state index in [0.29, 0.717) is 27.8 Å². The minimum Gasteiger partial charge on any atom is -0.477 e. The van der Waals surface area contributed by atoms with E-state index in [-0.39, 0.29) is 5.70 Å². The van der Waals surface area contributed by atoms with Gasteiger partial charge in [0.15, 0.2) is 0 Å². The molecule has 0 radical (unpaired) electrons. The number of amides is 2. The Hall–Kier alpha value is -2.90. The largest absolute Gasteiger partial charge is 0.477 e. The molecule has 2 aliphatic rings. The van der Waals surface area contributed by atoms with E-state index in [1.165, 1.54) is 33.1 Å². The normalized spacial score (nSPS) is 21.4. The number of carbonyl (C=O) groups is 3. The van der Waals surface area contributed by atoms with Crippen molar-refractivity contribution in [3.63, 3.8) is 0 Å². The predicted molar refractivity (Wildman–Crippen MR) is 113 cm³/mol. The van der Waals surface area contributed by atoms with Crippen LogP contribution >= 0.6 is 23.5 Å². The molecule has 2 aliphatic heterocycles. The number of nitrogens with two attached hydrogens (primary N) is 1. The van der Waals surface area contributed by atoms with Crippen LogP contribution in [0.25, 0.3) is 0 Å². The Kier molecular flexibility index (Phi) is 5.98. The minimum atomic E-state index is -1.18. The molecule has 3 heterocycles. The first kappa shape index (κ1) is 21.3. The van der Waals surface area contributed by atoms with Gasteiger partial charge in [-0.05, 0) is 21.6 Å². The van der Waals surface area contributed by atoms with Crippen LogP contribution in [0.5, 0.6) is 0 Å². The zero-order valence-corrected chi connectivity index (χ0v) is 18.0. The number of nitrogens with one attached hydrogen (secondary N) is 1. The molecule has 1 aromatic carbocycles. The molecule has 4 N–H and O–H groups in total. The molecule has 2 aromatic rings. The number of tetrazole rings is 1. The zero-order chi connectivity index (χ0) is 22.1. The van der Waals surface area contributed by atoms with Gasteiger partial charge in [-0.3, -0.25) is 14.5 Å². The smallest absolute Gasteiger partial charge is 0.352 e. The number of carbonyl (C=O) groups excluding carboxylic acids is 2. The van der Waals surface area contributed by atoms with Crippen molar-refractivity contribution in [1.82, 2.24) is 30.4 Å². The summed E-state index contributed by atoms with van der Waals surface area (Å²) >= 11 is 2.69. The molecule has 3 unspecified atom stereocenters. The SMILES string of the molecule is Cn1nnnc1SCC1=C(C(=O)O)N2C(=O)C(NC(=O)C(N)c3ccccc3)C2SC1. The summed E-state index contributed by atoms with van der Waals surface area (Å²) in [6.45, 7) is 0. The van der Waals surface area contributed by atoms with E-state index in [0.717, 1.165) is 0 Å². The van der Waals surface area contributed by atoms with Gasteiger partial charge < -0.3 is 16.2 Å². The number of nitrogens with zero attached hydrogens (tertiary/aromatic N) is 5. The van der Waals surface area contributed by atoms with Crippen LogP contribution in [0.4, 0.5) is 0 Å². The van der Waals surface area contributed by atoms with E-state index in [4.69, 9.17) is 5.73 Å². The molecule has 2 amide bonds. The highest BCUT2D eigenvalue weighted by Crippen LogP contribution is 2.41. The molecule has 0 bridgehead atoms. The van der Waals surface area contributed by atoms with E-state index >= 15 is 0 Å². The first-order chi connectivity index (χ1) is 14.9. The Balaban J connectivity index is 1.46. The molecule has 3 atom stereocenters. The van der Waals surface area contributed by atoms with E-state index in [9.17, 15) is 19.5 Å². The molecule has 1 fully saturated rings. The number of hydrogen-bond donors (Lipinski definition) is 3. The van der Waals surface area contributed by atoms with E-state index in [1.807, 2.05) is 6.07 Å². The maximum atomic E-state index is 12.8. The summed E-state index contributed by atoms with van der Waals surface area (Å²) in [5.74, 6) is -1.40. The standard InChI is InChI=1S/C18H19N7O4S2/c1-24-18(21-22-23-24)31-8-10-7-30-16-12(15(27)25(16)13(10)17(28)29)20-14(26)11(19)9-5-3-2-4-6-9/h2-6,11-12,16H,7-8,19H2,1H3,(H,20,26)(H,28,29). The maximum Gasteiger partial charge on any atom is 0.352 e. The number of aliphatic carboxylic acids is 1. The lowest BCUT2D eigenvalue weighted by molar-refractivity contribution is -0.150. The summed E-state index contributed by atoms with van der Waals surface area (Å²) in [5, 5.41) is 23.6. The molecule has 13 heteroatoms. The lowest BCUT2D eigenvalue weighted by Gasteiger charge is -2.49. The highest BCUT2D eigenvalue weighted by atomic mass is 32.2. The van der Waals surface area contributed by atoms with Crippen molar-refractivity contribution in [2.75, 3.05) is 11.5 Å². The number of aromatic nitrogens is 4. The lowest BCUT2D eigenvalue weighted by Crippen LogP contribution is -2.71. The number of rotatable bonds is 7. The molecule has 0 spiro atoms. The maximum absolute atomic E-state index is 12.8. The van der Waals surface area contributed by atoms with Gasteiger partial charge in [0.2, 0.25) is 11.1 Å².